The first-order valence-corrected chi connectivity index (χ1v) is 8.76. The van der Waals surface area contributed by atoms with Gasteiger partial charge in [0.2, 0.25) is 0 Å². The summed E-state index contributed by atoms with van der Waals surface area (Å²) in [7, 11) is 3.32. The lowest BCUT2D eigenvalue weighted by Crippen LogP contribution is -2.50. The van der Waals surface area contributed by atoms with Crippen molar-refractivity contribution in [2.45, 2.75) is 17.9 Å². The number of rotatable bonds is 4. The number of aliphatic hydroxyl groups is 1. The molecule has 1 N–H and O–H groups in total. The molecule has 1 fully saturated rings. The number of aliphatic hydroxyl groups excluding tert-OH is 1. The molecule has 2 aliphatic rings. The smallest absolute Gasteiger partial charge is 0.161 e. The molecular weight excluding hydrogens is 302 g/mol. The number of benzene rings is 1. The van der Waals surface area contributed by atoms with Crippen molar-refractivity contribution in [3.8, 4) is 11.5 Å². The Morgan fingerprint density at radius 3 is 2.68 bits per heavy atom. The number of nitrogens with zero attached hydrogens (tertiary/aromatic N) is 1. The quantitative estimate of drug-likeness (QED) is 0.912. The second-order valence-electron chi connectivity index (χ2n) is 5.66. The van der Waals surface area contributed by atoms with Gasteiger partial charge in [-0.3, -0.25) is 4.90 Å². The van der Waals surface area contributed by atoms with E-state index in [1.54, 1.807) is 26.0 Å². The van der Waals surface area contributed by atoms with Crippen LogP contribution in [0, 0.1) is 5.92 Å². The summed E-state index contributed by atoms with van der Waals surface area (Å²) in [6, 6.07) is 4.31. The van der Waals surface area contributed by atoms with Gasteiger partial charge in [0.15, 0.2) is 11.5 Å². The first-order valence-electron chi connectivity index (χ1n) is 7.47. The Kier molecular flexibility index (Phi) is 4.82. The summed E-state index contributed by atoms with van der Waals surface area (Å²) in [4.78, 5) is 2.31. The van der Waals surface area contributed by atoms with Crippen LogP contribution in [0.1, 0.15) is 17.2 Å². The summed E-state index contributed by atoms with van der Waals surface area (Å²) in [5.74, 6) is 1.57. The normalized spacial score (nSPS) is 27.9. The van der Waals surface area contributed by atoms with E-state index >= 15 is 0 Å². The molecule has 0 aliphatic carbocycles. The van der Waals surface area contributed by atoms with Crippen molar-refractivity contribution >= 4 is 11.8 Å². The Morgan fingerprint density at radius 1 is 1.32 bits per heavy atom. The van der Waals surface area contributed by atoms with Crippen LogP contribution in [0.15, 0.2) is 12.1 Å². The first-order chi connectivity index (χ1) is 10.7. The molecule has 1 saturated heterocycles. The van der Waals surface area contributed by atoms with E-state index in [1.165, 1.54) is 11.1 Å². The minimum absolute atomic E-state index is 0.0188. The Balaban J connectivity index is 2.04. The van der Waals surface area contributed by atoms with Gasteiger partial charge in [-0.1, -0.05) is 0 Å². The zero-order valence-electron chi connectivity index (χ0n) is 13.2. The van der Waals surface area contributed by atoms with E-state index < -0.39 is 0 Å². The molecule has 3 unspecified atom stereocenters. The maximum Gasteiger partial charge on any atom is 0.161 e. The van der Waals surface area contributed by atoms with Crippen LogP contribution in [0.2, 0.25) is 0 Å². The molecule has 2 aliphatic heterocycles. The average Bonchev–Trinajstić information content (AvgIpc) is 2.58. The molecule has 3 atom stereocenters. The van der Waals surface area contributed by atoms with E-state index in [4.69, 9.17) is 14.2 Å². The third kappa shape index (κ3) is 2.58. The summed E-state index contributed by atoms with van der Waals surface area (Å²) < 4.78 is 16.8. The largest absolute Gasteiger partial charge is 0.493 e. The van der Waals surface area contributed by atoms with E-state index in [2.05, 4.69) is 17.0 Å². The zero-order valence-corrected chi connectivity index (χ0v) is 14.1. The molecule has 22 heavy (non-hydrogen) atoms. The van der Waals surface area contributed by atoms with E-state index in [0.29, 0.717) is 6.73 Å². The van der Waals surface area contributed by atoms with Gasteiger partial charge >= 0.3 is 0 Å². The van der Waals surface area contributed by atoms with Crippen LogP contribution < -0.4 is 9.47 Å². The van der Waals surface area contributed by atoms with Crippen LogP contribution in [-0.4, -0.2) is 55.8 Å². The third-order valence-electron chi connectivity index (χ3n) is 4.63. The van der Waals surface area contributed by atoms with Crippen LogP contribution in [0.25, 0.3) is 0 Å². The molecule has 0 spiro atoms. The Labute approximate surface area is 135 Å². The van der Waals surface area contributed by atoms with Gasteiger partial charge < -0.3 is 19.3 Å². The highest BCUT2D eigenvalue weighted by Gasteiger charge is 2.42. The van der Waals surface area contributed by atoms with E-state index in [1.807, 2.05) is 6.26 Å². The Bertz CT molecular complexity index is 539. The van der Waals surface area contributed by atoms with Gasteiger partial charge in [0, 0.05) is 18.5 Å². The highest BCUT2D eigenvalue weighted by molar-refractivity contribution is 7.99. The fourth-order valence-electron chi connectivity index (χ4n) is 3.55. The number of fused-ring (bicyclic) bond motifs is 3. The van der Waals surface area contributed by atoms with Gasteiger partial charge in [0.05, 0.1) is 20.8 Å². The zero-order chi connectivity index (χ0) is 15.7. The van der Waals surface area contributed by atoms with Crippen molar-refractivity contribution in [1.82, 2.24) is 4.90 Å². The highest BCUT2D eigenvalue weighted by Crippen LogP contribution is 2.45. The van der Waals surface area contributed by atoms with Crippen molar-refractivity contribution in [2.75, 3.05) is 40.4 Å². The van der Waals surface area contributed by atoms with Gasteiger partial charge in [0.25, 0.3) is 0 Å². The number of ether oxygens (including phenoxy) is 3. The summed E-state index contributed by atoms with van der Waals surface area (Å²) in [6.45, 7) is 1.66. The standard InChI is InChI=1S/C16H23NO4S/c1-19-13-6-10-4-5-17-9-21-16(22-3)12(8-18)15(17)11(10)7-14(13)20-2/h6-7,12,15-16,18H,4-5,8-9H2,1-3H3. The van der Waals surface area contributed by atoms with Gasteiger partial charge in [-0.05, 0) is 35.9 Å². The van der Waals surface area contributed by atoms with Gasteiger partial charge in [-0.2, -0.15) is 0 Å². The molecule has 0 saturated carbocycles. The molecule has 3 rings (SSSR count). The molecule has 5 nitrogen and oxygen atoms in total. The predicted molar refractivity (Wildman–Crippen MR) is 86.5 cm³/mol. The van der Waals surface area contributed by atoms with Crippen LogP contribution in [0.4, 0.5) is 0 Å². The minimum atomic E-state index is 0.0188. The highest BCUT2D eigenvalue weighted by atomic mass is 32.2. The topological polar surface area (TPSA) is 51.2 Å². The summed E-state index contributed by atoms with van der Waals surface area (Å²) >= 11 is 1.66. The number of hydrogen-bond acceptors (Lipinski definition) is 6. The van der Waals surface area contributed by atoms with E-state index in [-0.39, 0.29) is 24.0 Å². The van der Waals surface area contributed by atoms with Gasteiger partial charge in [-0.15, -0.1) is 11.8 Å². The van der Waals surface area contributed by atoms with Crippen LogP contribution >= 0.6 is 11.8 Å². The molecule has 0 aromatic heterocycles. The van der Waals surface area contributed by atoms with E-state index in [9.17, 15) is 5.11 Å². The van der Waals surface area contributed by atoms with Gasteiger partial charge in [0.1, 0.15) is 12.2 Å². The number of methoxy groups -OCH3 is 2. The molecule has 1 aromatic rings. The van der Waals surface area contributed by atoms with Crippen LogP contribution in [0.3, 0.4) is 0 Å². The maximum absolute atomic E-state index is 9.91. The summed E-state index contributed by atoms with van der Waals surface area (Å²) in [5, 5.41) is 9.91. The van der Waals surface area contributed by atoms with Crippen molar-refractivity contribution < 1.29 is 19.3 Å². The molecule has 6 heteroatoms. The van der Waals surface area contributed by atoms with Crippen molar-refractivity contribution in [3.05, 3.63) is 23.3 Å². The molecule has 1 aromatic carbocycles. The minimum Gasteiger partial charge on any atom is -0.493 e. The third-order valence-corrected chi connectivity index (χ3v) is 5.58. The molecule has 0 radical (unpaired) electrons. The lowest BCUT2D eigenvalue weighted by atomic mass is 9.84. The second kappa shape index (κ2) is 6.66. The SMILES string of the molecule is COc1cc2c(cc1OC)C1C(CO)C(SC)OCN1CC2. The summed E-state index contributed by atoms with van der Waals surface area (Å²) in [5.41, 5.74) is 2.52. The fourth-order valence-corrected chi connectivity index (χ4v) is 4.33. The van der Waals surface area contributed by atoms with Crippen LogP contribution in [0.5, 0.6) is 11.5 Å². The molecular formula is C16H23NO4S. The van der Waals surface area contributed by atoms with Crippen molar-refractivity contribution in [3.63, 3.8) is 0 Å². The Morgan fingerprint density at radius 2 is 2.05 bits per heavy atom. The fraction of sp³-hybridized carbons (Fsp3) is 0.625. The monoisotopic (exact) mass is 325 g/mol. The maximum atomic E-state index is 9.91. The van der Waals surface area contributed by atoms with Crippen molar-refractivity contribution in [1.29, 1.82) is 0 Å². The lowest BCUT2D eigenvalue weighted by molar-refractivity contribution is -0.115. The molecule has 122 valence electrons. The molecule has 0 amide bonds. The van der Waals surface area contributed by atoms with Crippen LogP contribution in [-0.2, 0) is 11.2 Å². The van der Waals surface area contributed by atoms with Crippen molar-refractivity contribution in [2.24, 2.45) is 5.92 Å². The number of thioether (sulfide) groups is 1. The second-order valence-corrected chi connectivity index (χ2v) is 6.60. The molecule has 0 bridgehead atoms. The predicted octanol–water partition coefficient (Wildman–Crippen LogP) is 1.89. The van der Waals surface area contributed by atoms with Gasteiger partial charge in [-0.25, -0.2) is 0 Å². The average molecular weight is 325 g/mol. The number of hydrogen-bond donors (Lipinski definition) is 1. The summed E-state index contributed by atoms with van der Waals surface area (Å²) in [6.07, 6.45) is 2.99. The molecule has 2 heterocycles. The first kappa shape index (κ1) is 15.9. The lowest BCUT2D eigenvalue weighted by Gasteiger charge is -2.47. The Hall–Kier alpha value is -0.950. The van der Waals surface area contributed by atoms with E-state index in [0.717, 1.165) is 24.5 Å².